The van der Waals surface area contributed by atoms with Gasteiger partial charge >= 0.3 is 0 Å². The molecule has 1 aromatic carbocycles. The standard InChI is InChI=1S/C9H9Br2F2N/c10-6-4-7(12)8(11)9(13)5(6)2-1-3-14/h4H,1-3,14H2. The Kier molecular flexibility index (Phi) is 4.47. The molecule has 0 aliphatic rings. The minimum Gasteiger partial charge on any atom is -0.330 e. The van der Waals surface area contributed by atoms with E-state index in [9.17, 15) is 8.78 Å². The monoisotopic (exact) mass is 327 g/mol. The molecule has 0 radical (unpaired) electrons. The molecule has 0 aliphatic carbocycles. The highest BCUT2D eigenvalue weighted by Crippen LogP contribution is 2.29. The van der Waals surface area contributed by atoms with Crippen molar-refractivity contribution in [2.45, 2.75) is 12.8 Å². The van der Waals surface area contributed by atoms with E-state index in [2.05, 4.69) is 31.9 Å². The molecule has 0 fully saturated rings. The molecule has 78 valence electrons. The molecule has 1 rings (SSSR count). The fourth-order valence-electron chi connectivity index (χ4n) is 1.11. The van der Waals surface area contributed by atoms with Gasteiger partial charge in [-0.25, -0.2) is 8.78 Å². The molecule has 0 saturated heterocycles. The maximum atomic E-state index is 13.5. The predicted octanol–water partition coefficient (Wildman–Crippen LogP) is 3.38. The van der Waals surface area contributed by atoms with Crippen molar-refractivity contribution in [2.75, 3.05) is 6.54 Å². The van der Waals surface area contributed by atoms with Crippen LogP contribution in [0.15, 0.2) is 15.0 Å². The summed E-state index contributed by atoms with van der Waals surface area (Å²) in [4.78, 5) is 0. The van der Waals surface area contributed by atoms with Crippen LogP contribution in [0.25, 0.3) is 0 Å². The van der Waals surface area contributed by atoms with E-state index in [1.807, 2.05) is 0 Å². The number of nitrogens with two attached hydrogens (primary N) is 1. The van der Waals surface area contributed by atoms with E-state index in [1.165, 1.54) is 6.07 Å². The first kappa shape index (κ1) is 12.1. The van der Waals surface area contributed by atoms with Crippen molar-refractivity contribution in [3.05, 3.63) is 32.2 Å². The summed E-state index contributed by atoms with van der Waals surface area (Å²) in [5, 5.41) is 0. The van der Waals surface area contributed by atoms with E-state index in [0.717, 1.165) is 0 Å². The molecule has 2 N–H and O–H groups in total. The van der Waals surface area contributed by atoms with Gasteiger partial charge < -0.3 is 5.73 Å². The minimum absolute atomic E-state index is 0.118. The smallest absolute Gasteiger partial charge is 0.144 e. The second-order valence-electron chi connectivity index (χ2n) is 2.84. The Labute approximate surface area is 97.9 Å². The minimum atomic E-state index is -0.606. The largest absolute Gasteiger partial charge is 0.330 e. The number of halogens is 4. The summed E-state index contributed by atoms with van der Waals surface area (Å²) in [6.07, 6.45) is 1.18. The lowest BCUT2D eigenvalue weighted by molar-refractivity contribution is 0.556. The normalized spacial score (nSPS) is 10.6. The topological polar surface area (TPSA) is 26.0 Å². The lowest BCUT2D eigenvalue weighted by atomic mass is 10.1. The molecule has 0 bridgehead atoms. The maximum Gasteiger partial charge on any atom is 0.144 e. The highest BCUT2D eigenvalue weighted by molar-refractivity contribution is 9.11. The number of hydrogen-bond acceptors (Lipinski definition) is 1. The molecule has 0 saturated carbocycles. The van der Waals surface area contributed by atoms with E-state index in [-0.39, 0.29) is 4.47 Å². The summed E-state index contributed by atoms with van der Waals surface area (Å²) in [5.41, 5.74) is 5.78. The van der Waals surface area contributed by atoms with Crippen LogP contribution in [0.2, 0.25) is 0 Å². The molecule has 0 aliphatic heterocycles. The maximum absolute atomic E-state index is 13.5. The first-order valence-electron chi connectivity index (χ1n) is 4.10. The molecule has 0 unspecified atom stereocenters. The van der Waals surface area contributed by atoms with E-state index in [0.29, 0.717) is 29.4 Å². The van der Waals surface area contributed by atoms with Gasteiger partial charge in [-0.1, -0.05) is 15.9 Å². The average Bonchev–Trinajstić information content (AvgIpc) is 2.14. The number of benzene rings is 1. The summed E-state index contributed by atoms with van der Waals surface area (Å²) in [6.45, 7) is 0.487. The molecule has 0 spiro atoms. The van der Waals surface area contributed by atoms with Crippen molar-refractivity contribution in [1.82, 2.24) is 0 Å². The van der Waals surface area contributed by atoms with Crippen molar-refractivity contribution in [3.63, 3.8) is 0 Å². The Morgan fingerprint density at radius 2 is 1.93 bits per heavy atom. The molecule has 1 nitrogen and oxygen atoms in total. The summed E-state index contributed by atoms with van der Waals surface area (Å²) < 4.78 is 26.8. The molecule has 0 aromatic heterocycles. The van der Waals surface area contributed by atoms with Gasteiger partial charge in [-0.2, -0.15) is 0 Å². The van der Waals surface area contributed by atoms with Gasteiger partial charge in [0, 0.05) is 10.0 Å². The highest BCUT2D eigenvalue weighted by atomic mass is 79.9. The third-order valence-electron chi connectivity index (χ3n) is 1.84. The van der Waals surface area contributed by atoms with E-state index >= 15 is 0 Å². The summed E-state index contributed by atoms with van der Waals surface area (Å²) >= 11 is 5.97. The Morgan fingerprint density at radius 3 is 2.50 bits per heavy atom. The van der Waals surface area contributed by atoms with Crippen LogP contribution < -0.4 is 5.73 Å². The molecular weight excluding hydrogens is 320 g/mol. The van der Waals surface area contributed by atoms with E-state index in [1.54, 1.807) is 0 Å². The Bertz CT molecular complexity index is 342. The highest BCUT2D eigenvalue weighted by Gasteiger charge is 2.14. The van der Waals surface area contributed by atoms with Gasteiger partial charge in [0.05, 0.1) is 4.47 Å². The number of rotatable bonds is 3. The fraction of sp³-hybridized carbons (Fsp3) is 0.333. The van der Waals surface area contributed by atoms with Gasteiger partial charge in [0.2, 0.25) is 0 Å². The second kappa shape index (κ2) is 5.19. The first-order chi connectivity index (χ1) is 6.57. The summed E-state index contributed by atoms with van der Waals surface area (Å²) in [7, 11) is 0. The zero-order valence-corrected chi connectivity index (χ0v) is 10.5. The molecule has 0 heterocycles. The summed E-state index contributed by atoms with van der Waals surface area (Å²) in [6, 6.07) is 1.25. The lowest BCUT2D eigenvalue weighted by Crippen LogP contribution is -2.03. The molecule has 0 amide bonds. The third-order valence-corrected chi connectivity index (χ3v) is 3.27. The quantitative estimate of drug-likeness (QED) is 0.668. The van der Waals surface area contributed by atoms with Gasteiger partial charge in [-0.05, 0) is 41.4 Å². The van der Waals surface area contributed by atoms with Crippen LogP contribution in [0.4, 0.5) is 8.78 Å². The molecular formula is C9H9Br2F2N. The molecule has 0 atom stereocenters. The Morgan fingerprint density at radius 1 is 1.29 bits per heavy atom. The Hall–Kier alpha value is -0.000000000000000111. The van der Waals surface area contributed by atoms with Crippen molar-refractivity contribution in [2.24, 2.45) is 5.73 Å². The first-order valence-corrected chi connectivity index (χ1v) is 5.68. The third kappa shape index (κ3) is 2.52. The van der Waals surface area contributed by atoms with Crippen LogP contribution in [-0.4, -0.2) is 6.54 Å². The van der Waals surface area contributed by atoms with Gasteiger partial charge in [-0.15, -0.1) is 0 Å². The van der Waals surface area contributed by atoms with Crippen LogP contribution in [0.3, 0.4) is 0 Å². The lowest BCUT2D eigenvalue weighted by Gasteiger charge is -2.07. The van der Waals surface area contributed by atoms with Crippen LogP contribution >= 0.6 is 31.9 Å². The van der Waals surface area contributed by atoms with Crippen LogP contribution in [0, 0.1) is 11.6 Å². The van der Waals surface area contributed by atoms with Gasteiger partial charge in [-0.3, -0.25) is 0 Å². The van der Waals surface area contributed by atoms with Crippen molar-refractivity contribution >= 4 is 31.9 Å². The SMILES string of the molecule is NCCCc1c(Br)cc(F)c(Br)c1F. The van der Waals surface area contributed by atoms with Crippen molar-refractivity contribution in [3.8, 4) is 0 Å². The van der Waals surface area contributed by atoms with E-state index < -0.39 is 11.6 Å². The summed E-state index contributed by atoms with van der Waals surface area (Å²) in [5.74, 6) is -1.16. The van der Waals surface area contributed by atoms with Crippen molar-refractivity contribution < 1.29 is 8.78 Å². The molecule has 1 aromatic rings. The zero-order chi connectivity index (χ0) is 10.7. The van der Waals surface area contributed by atoms with Gasteiger partial charge in [0.1, 0.15) is 11.6 Å². The fourth-order valence-corrected chi connectivity index (χ4v) is 2.04. The predicted molar refractivity (Wildman–Crippen MR) is 59.1 cm³/mol. The number of hydrogen-bond donors (Lipinski definition) is 1. The molecule has 14 heavy (non-hydrogen) atoms. The van der Waals surface area contributed by atoms with Gasteiger partial charge in [0.25, 0.3) is 0 Å². The zero-order valence-electron chi connectivity index (χ0n) is 7.29. The van der Waals surface area contributed by atoms with Crippen LogP contribution in [0.5, 0.6) is 0 Å². The van der Waals surface area contributed by atoms with Gasteiger partial charge in [0.15, 0.2) is 0 Å². The van der Waals surface area contributed by atoms with Crippen molar-refractivity contribution in [1.29, 1.82) is 0 Å². The van der Waals surface area contributed by atoms with E-state index in [4.69, 9.17) is 5.73 Å². The van der Waals surface area contributed by atoms with Crippen LogP contribution in [-0.2, 0) is 6.42 Å². The molecule has 5 heteroatoms. The second-order valence-corrected chi connectivity index (χ2v) is 4.49. The average molecular weight is 329 g/mol. The van der Waals surface area contributed by atoms with Crippen LogP contribution in [0.1, 0.15) is 12.0 Å². The Balaban J connectivity index is 3.09.